The van der Waals surface area contributed by atoms with Crippen molar-refractivity contribution in [1.82, 2.24) is 9.97 Å². The second-order valence-corrected chi connectivity index (χ2v) is 3.40. The molecule has 3 N–H and O–H groups in total. The SMILES string of the molecule is CC(N)Cc1cccc2[nH]cnc12. The van der Waals surface area contributed by atoms with Gasteiger partial charge in [-0.25, -0.2) is 4.98 Å². The van der Waals surface area contributed by atoms with Crippen molar-refractivity contribution >= 4 is 11.0 Å². The smallest absolute Gasteiger partial charge is 0.0931 e. The molecule has 0 amide bonds. The molecule has 0 fully saturated rings. The molecule has 0 spiro atoms. The van der Waals surface area contributed by atoms with Crippen LogP contribution in [0.1, 0.15) is 12.5 Å². The second-order valence-electron chi connectivity index (χ2n) is 3.40. The summed E-state index contributed by atoms with van der Waals surface area (Å²) >= 11 is 0. The van der Waals surface area contributed by atoms with Gasteiger partial charge in [-0.2, -0.15) is 0 Å². The van der Waals surface area contributed by atoms with Gasteiger partial charge in [0.1, 0.15) is 0 Å². The highest BCUT2D eigenvalue weighted by Gasteiger charge is 2.04. The zero-order valence-electron chi connectivity index (χ0n) is 7.62. The number of aromatic amines is 1. The van der Waals surface area contributed by atoms with E-state index in [-0.39, 0.29) is 6.04 Å². The summed E-state index contributed by atoms with van der Waals surface area (Å²) in [6.45, 7) is 2.01. The van der Waals surface area contributed by atoms with Crippen molar-refractivity contribution in [2.75, 3.05) is 0 Å². The topological polar surface area (TPSA) is 54.7 Å². The first-order valence-corrected chi connectivity index (χ1v) is 4.44. The van der Waals surface area contributed by atoms with Crippen molar-refractivity contribution in [2.24, 2.45) is 5.73 Å². The number of H-pyrrole nitrogens is 1. The fourth-order valence-corrected chi connectivity index (χ4v) is 1.54. The summed E-state index contributed by atoms with van der Waals surface area (Å²) in [5.41, 5.74) is 9.09. The molecule has 0 radical (unpaired) electrons. The summed E-state index contributed by atoms with van der Waals surface area (Å²) in [5.74, 6) is 0. The van der Waals surface area contributed by atoms with Crippen LogP contribution in [-0.4, -0.2) is 16.0 Å². The summed E-state index contributed by atoms with van der Waals surface area (Å²) in [6.07, 6.45) is 2.59. The van der Waals surface area contributed by atoms with Crippen molar-refractivity contribution < 1.29 is 0 Å². The van der Waals surface area contributed by atoms with Gasteiger partial charge in [-0.1, -0.05) is 12.1 Å². The van der Waals surface area contributed by atoms with Crippen molar-refractivity contribution in [3.05, 3.63) is 30.1 Å². The zero-order chi connectivity index (χ0) is 9.26. The Bertz CT molecular complexity index is 403. The predicted molar refractivity (Wildman–Crippen MR) is 53.4 cm³/mol. The molecule has 1 atom stereocenters. The van der Waals surface area contributed by atoms with Gasteiger partial charge in [0, 0.05) is 6.04 Å². The van der Waals surface area contributed by atoms with E-state index in [9.17, 15) is 0 Å². The summed E-state index contributed by atoms with van der Waals surface area (Å²) in [4.78, 5) is 7.34. The number of benzene rings is 1. The fraction of sp³-hybridized carbons (Fsp3) is 0.300. The minimum Gasteiger partial charge on any atom is -0.345 e. The number of rotatable bonds is 2. The van der Waals surface area contributed by atoms with Gasteiger partial charge in [-0.05, 0) is 25.0 Å². The molecule has 3 nitrogen and oxygen atoms in total. The Labute approximate surface area is 77.0 Å². The molecule has 0 aliphatic carbocycles. The maximum absolute atomic E-state index is 5.75. The van der Waals surface area contributed by atoms with E-state index in [0.717, 1.165) is 17.5 Å². The van der Waals surface area contributed by atoms with E-state index in [4.69, 9.17) is 5.73 Å². The summed E-state index contributed by atoms with van der Waals surface area (Å²) in [5, 5.41) is 0. The van der Waals surface area contributed by atoms with Gasteiger partial charge < -0.3 is 10.7 Å². The molecule has 0 aliphatic rings. The van der Waals surface area contributed by atoms with E-state index in [2.05, 4.69) is 16.0 Å². The van der Waals surface area contributed by atoms with Gasteiger partial charge in [0.25, 0.3) is 0 Å². The lowest BCUT2D eigenvalue weighted by molar-refractivity contribution is 0.741. The summed E-state index contributed by atoms with van der Waals surface area (Å²) in [7, 11) is 0. The van der Waals surface area contributed by atoms with Crippen LogP contribution < -0.4 is 5.73 Å². The van der Waals surface area contributed by atoms with Crippen LogP contribution in [0.25, 0.3) is 11.0 Å². The zero-order valence-corrected chi connectivity index (χ0v) is 7.62. The highest BCUT2D eigenvalue weighted by molar-refractivity contribution is 5.78. The van der Waals surface area contributed by atoms with Gasteiger partial charge in [-0.3, -0.25) is 0 Å². The molecule has 1 aromatic heterocycles. The van der Waals surface area contributed by atoms with Crippen LogP contribution in [0.5, 0.6) is 0 Å². The lowest BCUT2D eigenvalue weighted by Crippen LogP contribution is -2.17. The first-order chi connectivity index (χ1) is 6.27. The number of imidazole rings is 1. The first kappa shape index (κ1) is 8.26. The van der Waals surface area contributed by atoms with E-state index in [1.165, 1.54) is 5.56 Å². The Hall–Kier alpha value is -1.35. The highest BCUT2D eigenvalue weighted by Crippen LogP contribution is 2.15. The number of hydrogen-bond donors (Lipinski definition) is 2. The molecule has 2 rings (SSSR count). The molecule has 0 saturated carbocycles. The predicted octanol–water partition coefficient (Wildman–Crippen LogP) is 1.45. The molecule has 0 saturated heterocycles. The second kappa shape index (κ2) is 3.18. The summed E-state index contributed by atoms with van der Waals surface area (Å²) < 4.78 is 0. The van der Waals surface area contributed by atoms with Gasteiger partial charge in [-0.15, -0.1) is 0 Å². The van der Waals surface area contributed by atoms with Crippen LogP contribution in [0.3, 0.4) is 0 Å². The highest BCUT2D eigenvalue weighted by atomic mass is 14.9. The van der Waals surface area contributed by atoms with E-state index in [1.54, 1.807) is 6.33 Å². The Morgan fingerprint density at radius 3 is 3.15 bits per heavy atom. The van der Waals surface area contributed by atoms with Crippen molar-refractivity contribution in [1.29, 1.82) is 0 Å². The molecule has 0 bridgehead atoms. The number of hydrogen-bond acceptors (Lipinski definition) is 2. The van der Waals surface area contributed by atoms with E-state index in [1.807, 2.05) is 19.1 Å². The minimum atomic E-state index is 0.183. The lowest BCUT2D eigenvalue weighted by Gasteiger charge is -2.04. The minimum absolute atomic E-state index is 0.183. The number of fused-ring (bicyclic) bond motifs is 1. The normalized spacial score (nSPS) is 13.4. The third-order valence-electron chi connectivity index (χ3n) is 2.08. The van der Waals surface area contributed by atoms with Crippen LogP contribution in [0.15, 0.2) is 24.5 Å². The Morgan fingerprint density at radius 2 is 2.38 bits per heavy atom. The van der Waals surface area contributed by atoms with Gasteiger partial charge in [0.05, 0.1) is 17.4 Å². The molecule has 3 heteroatoms. The third kappa shape index (κ3) is 1.55. The van der Waals surface area contributed by atoms with E-state index < -0.39 is 0 Å². The molecule has 2 aromatic rings. The number of nitrogens with zero attached hydrogens (tertiary/aromatic N) is 1. The molecular weight excluding hydrogens is 162 g/mol. The number of nitrogens with one attached hydrogen (secondary N) is 1. The first-order valence-electron chi connectivity index (χ1n) is 4.44. The molecule has 0 aliphatic heterocycles. The van der Waals surface area contributed by atoms with Crippen molar-refractivity contribution in [3.63, 3.8) is 0 Å². The number of nitrogens with two attached hydrogens (primary N) is 1. The van der Waals surface area contributed by atoms with Crippen LogP contribution in [0.2, 0.25) is 0 Å². The fourth-order valence-electron chi connectivity index (χ4n) is 1.54. The van der Waals surface area contributed by atoms with Crippen molar-refractivity contribution in [3.8, 4) is 0 Å². The number of aromatic nitrogens is 2. The van der Waals surface area contributed by atoms with Gasteiger partial charge in [0.15, 0.2) is 0 Å². The van der Waals surface area contributed by atoms with E-state index in [0.29, 0.717) is 0 Å². The van der Waals surface area contributed by atoms with Crippen molar-refractivity contribution in [2.45, 2.75) is 19.4 Å². The number of para-hydroxylation sites is 1. The van der Waals surface area contributed by atoms with Crippen LogP contribution in [0.4, 0.5) is 0 Å². The molecule has 13 heavy (non-hydrogen) atoms. The van der Waals surface area contributed by atoms with E-state index >= 15 is 0 Å². The molecule has 1 aromatic carbocycles. The average Bonchev–Trinajstić information content (AvgIpc) is 2.51. The lowest BCUT2D eigenvalue weighted by atomic mass is 10.1. The van der Waals surface area contributed by atoms with Gasteiger partial charge in [0.2, 0.25) is 0 Å². The molecule has 1 unspecified atom stereocenters. The molecular formula is C10H13N3. The Balaban J connectivity index is 2.48. The molecule has 1 heterocycles. The van der Waals surface area contributed by atoms with Crippen LogP contribution in [0, 0.1) is 0 Å². The average molecular weight is 175 g/mol. The largest absolute Gasteiger partial charge is 0.345 e. The Morgan fingerprint density at radius 1 is 1.54 bits per heavy atom. The Kier molecular flexibility index (Phi) is 2.02. The summed E-state index contributed by atoms with van der Waals surface area (Å²) in [6, 6.07) is 6.31. The maximum atomic E-state index is 5.75. The van der Waals surface area contributed by atoms with Crippen LogP contribution in [-0.2, 0) is 6.42 Å². The molecule has 68 valence electrons. The maximum Gasteiger partial charge on any atom is 0.0931 e. The van der Waals surface area contributed by atoms with Crippen LogP contribution >= 0.6 is 0 Å². The standard InChI is InChI=1S/C10H13N3/c1-7(11)5-8-3-2-4-9-10(8)13-6-12-9/h2-4,6-7H,5,11H2,1H3,(H,12,13). The monoisotopic (exact) mass is 175 g/mol. The van der Waals surface area contributed by atoms with Gasteiger partial charge >= 0.3 is 0 Å². The quantitative estimate of drug-likeness (QED) is 0.725. The third-order valence-corrected chi connectivity index (χ3v) is 2.08.